The molecule has 1 aromatic carbocycles. The van der Waals surface area contributed by atoms with Crippen LogP contribution in [0.25, 0.3) is 0 Å². The van der Waals surface area contributed by atoms with E-state index < -0.39 is 10.0 Å². The second kappa shape index (κ2) is 7.35. The number of hydrogen-bond acceptors (Lipinski definition) is 4. The van der Waals surface area contributed by atoms with Crippen LogP contribution in [0.1, 0.15) is 17.5 Å². The van der Waals surface area contributed by atoms with E-state index in [0.29, 0.717) is 11.4 Å². The highest BCUT2D eigenvalue weighted by molar-refractivity contribution is 7.89. The van der Waals surface area contributed by atoms with Gasteiger partial charge in [0.05, 0.1) is 4.90 Å². The topological polar surface area (TPSA) is 61.4 Å². The zero-order valence-electron chi connectivity index (χ0n) is 12.9. The van der Waals surface area contributed by atoms with E-state index in [0.717, 1.165) is 50.3 Å². The van der Waals surface area contributed by atoms with Crippen LogP contribution in [0.5, 0.6) is 0 Å². The molecule has 118 valence electrons. The van der Waals surface area contributed by atoms with Crippen molar-refractivity contribution in [2.24, 2.45) is 0 Å². The Morgan fingerprint density at radius 1 is 1.14 bits per heavy atom. The van der Waals surface area contributed by atoms with Gasteiger partial charge in [-0.05, 0) is 50.1 Å². The molecule has 1 aliphatic rings. The predicted octanol–water partition coefficient (Wildman–Crippen LogP) is 0.877. The third-order valence-corrected chi connectivity index (χ3v) is 5.10. The number of nitrogens with one attached hydrogen (secondary N) is 2. The summed E-state index contributed by atoms with van der Waals surface area (Å²) in [6, 6.07) is 5.40. The van der Waals surface area contributed by atoms with Gasteiger partial charge in [0.2, 0.25) is 10.0 Å². The van der Waals surface area contributed by atoms with Crippen molar-refractivity contribution in [1.29, 1.82) is 0 Å². The zero-order valence-corrected chi connectivity index (χ0v) is 13.7. The van der Waals surface area contributed by atoms with Crippen LogP contribution in [0, 0.1) is 13.8 Å². The molecule has 0 aliphatic carbocycles. The van der Waals surface area contributed by atoms with E-state index in [4.69, 9.17) is 0 Å². The number of nitrogens with zero attached hydrogens (tertiary/aromatic N) is 1. The Balaban J connectivity index is 1.83. The van der Waals surface area contributed by atoms with E-state index in [9.17, 15) is 8.42 Å². The largest absolute Gasteiger partial charge is 0.314 e. The van der Waals surface area contributed by atoms with Crippen molar-refractivity contribution in [2.45, 2.75) is 25.2 Å². The standard InChI is InChI=1S/C15H25N3O2S/c1-13-10-14(2)12-15(11-13)21(19,20)17-4-3-7-18-8-5-16-6-9-18/h10-12,16-17H,3-9H2,1-2H3. The summed E-state index contributed by atoms with van der Waals surface area (Å²) in [6.45, 7) is 9.39. The lowest BCUT2D eigenvalue weighted by Crippen LogP contribution is -2.44. The maximum absolute atomic E-state index is 12.3. The maximum Gasteiger partial charge on any atom is 0.240 e. The minimum Gasteiger partial charge on any atom is -0.314 e. The number of piperazine rings is 1. The lowest BCUT2D eigenvalue weighted by Gasteiger charge is -2.27. The highest BCUT2D eigenvalue weighted by atomic mass is 32.2. The molecule has 21 heavy (non-hydrogen) atoms. The average molecular weight is 311 g/mol. The van der Waals surface area contributed by atoms with Crippen molar-refractivity contribution < 1.29 is 8.42 Å². The Bertz CT molecular complexity index is 546. The predicted molar refractivity (Wildman–Crippen MR) is 85.0 cm³/mol. The molecule has 6 heteroatoms. The van der Waals surface area contributed by atoms with Crippen molar-refractivity contribution in [3.63, 3.8) is 0 Å². The lowest BCUT2D eigenvalue weighted by molar-refractivity contribution is 0.239. The molecule has 0 unspecified atom stereocenters. The van der Waals surface area contributed by atoms with E-state index in [2.05, 4.69) is 14.9 Å². The van der Waals surface area contributed by atoms with Crippen LogP contribution in [-0.4, -0.2) is 52.6 Å². The van der Waals surface area contributed by atoms with E-state index in [1.165, 1.54) is 0 Å². The summed E-state index contributed by atoms with van der Waals surface area (Å²) in [7, 11) is -3.39. The first-order valence-corrected chi connectivity index (χ1v) is 8.97. The molecule has 1 saturated heterocycles. The Kier molecular flexibility index (Phi) is 5.75. The normalized spacial score (nSPS) is 17.0. The quantitative estimate of drug-likeness (QED) is 0.766. The summed E-state index contributed by atoms with van der Waals surface area (Å²) in [6.07, 6.45) is 0.837. The van der Waals surface area contributed by atoms with Gasteiger partial charge in [0.1, 0.15) is 0 Å². The van der Waals surface area contributed by atoms with Crippen LogP contribution in [0.2, 0.25) is 0 Å². The molecule has 5 nitrogen and oxygen atoms in total. The number of hydrogen-bond donors (Lipinski definition) is 2. The molecule has 1 fully saturated rings. The second-order valence-corrected chi connectivity index (χ2v) is 7.43. The molecule has 0 saturated carbocycles. The molecule has 0 radical (unpaired) electrons. The van der Waals surface area contributed by atoms with Gasteiger partial charge in [-0.25, -0.2) is 13.1 Å². The summed E-state index contributed by atoms with van der Waals surface area (Å²) < 4.78 is 27.2. The zero-order chi connectivity index (χ0) is 15.3. The molecule has 0 spiro atoms. The van der Waals surface area contributed by atoms with Crippen molar-refractivity contribution in [2.75, 3.05) is 39.3 Å². The van der Waals surface area contributed by atoms with Crippen LogP contribution in [-0.2, 0) is 10.0 Å². The third kappa shape index (κ3) is 5.07. The molecule has 0 bridgehead atoms. The van der Waals surface area contributed by atoms with Crippen LogP contribution < -0.4 is 10.0 Å². The smallest absolute Gasteiger partial charge is 0.240 e. The number of benzene rings is 1. The van der Waals surface area contributed by atoms with Crippen LogP contribution >= 0.6 is 0 Å². The number of aryl methyl sites for hydroxylation is 2. The van der Waals surface area contributed by atoms with Gasteiger partial charge in [0.15, 0.2) is 0 Å². The Morgan fingerprint density at radius 2 is 1.76 bits per heavy atom. The fourth-order valence-electron chi connectivity index (χ4n) is 2.62. The van der Waals surface area contributed by atoms with Crippen molar-refractivity contribution in [3.05, 3.63) is 29.3 Å². The Labute approximate surface area is 127 Å². The highest BCUT2D eigenvalue weighted by Gasteiger charge is 2.14. The van der Waals surface area contributed by atoms with Crippen molar-refractivity contribution in [3.8, 4) is 0 Å². The van der Waals surface area contributed by atoms with Crippen LogP contribution in [0.4, 0.5) is 0 Å². The molecule has 2 rings (SSSR count). The van der Waals surface area contributed by atoms with E-state index in [1.54, 1.807) is 12.1 Å². The van der Waals surface area contributed by atoms with Gasteiger partial charge in [-0.2, -0.15) is 0 Å². The van der Waals surface area contributed by atoms with E-state index >= 15 is 0 Å². The van der Waals surface area contributed by atoms with Gasteiger partial charge < -0.3 is 10.2 Å². The minimum atomic E-state index is -3.39. The summed E-state index contributed by atoms with van der Waals surface area (Å²) in [5, 5.41) is 3.31. The molecule has 1 heterocycles. The van der Waals surface area contributed by atoms with Crippen LogP contribution in [0.15, 0.2) is 23.1 Å². The number of rotatable bonds is 6. The first kappa shape index (κ1) is 16.4. The van der Waals surface area contributed by atoms with Gasteiger partial charge in [-0.15, -0.1) is 0 Å². The Morgan fingerprint density at radius 3 is 2.38 bits per heavy atom. The molecular weight excluding hydrogens is 286 g/mol. The number of sulfonamides is 1. The molecule has 0 atom stereocenters. The van der Waals surface area contributed by atoms with Crippen LogP contribution in [0.3, 0.4) is 0 Å². The molecule has 1 aliphatic heterocycles. The molecule has 2 N–H and O–H groups in total. The monoisotopic (exact) mass is 311 g/mol. The van der Waals surface area contributed by atoms with E-state index in [1.807, 2.05) is 19.9 Å². The molecular formula is C15H25N3O2S. The summed E-state index contributed by atoms with van der Waals surface area (Å²) in [4.78, 5) is 2.73. The highest BCUT2D eigenvalue weighted by Crippen LogP contribution is 2.14. The SMILES string of the molecule is Cc1cc(C)cc(S(=O)(=O)NCCCN2CCNCC2)c1. The van der Waals surface area contributed by atoms with Gasteiger partial charge in [-0.1, -0.05) is 6.07 Å². The van der Waals surface area contributed by atoms with Gasteiger partial charge in [0.25, 0.3) is 0 Å². The molecule has 0 amide bonds. The summed E-state index contributed by atoms with van der Waals surface area (Å²) in [5.41, 5.74) is 1.94. The molecule has 1 aromatic rings. The van der Waals surface area contributed by atoms with Crippen molar-refractivity contribution in [1.82, 2.24) is 14.9 Å². The second-order valence-electron chi connectivity index (χ2n) is 5.67. The fraction of sp³-hybridized carbons (Fsp3) is 0.600. The lowest BCUT2D eigenvalue weighted by atomic mass is 10.2. The van der Waals surface area contributed by atoms with Gasteiger partial charge in [-0.3, -0.25) is 0 Å². The summed E-state index contributed by atoms with van der Waals surface area (Å²) >= 11 is 0. The van der Waals surface area contributed by atoms with Gasteiger partial charge >= 0.3 is 0 Å². The molecule has 0 aromatic heterocycles. The minimum absolute atomic E-state index is 0.363. The van der Waals surface area contributed by atoms with E-state index in [-0.39, 0.29) is 0 Å². The van der Waals surface area contributed by atoms with Gasteiger partial charge in [0, 0.05) is 32.7 Å². The summed E-state index contributed by atoms with van der Waals surface area (Å²) in [5.74, 6) is 0. The fourth-order valence-corrected chi connectivity index (χ4v) is 3.88. The third-order valence-electron chi connectivity index (χ3n) is 3.66. The first-order chi connectivity index (χ1) is 9.97. The first-order valence-electron chi connectivity index (χ1n) is 7.48. The Hall–Kier alpha value is -0.950. The maximum atomic E-state index is 12.3. The van der Waals surface area contributed by atoms with Crippen molar-refractivity contribution >= 4 is 10.0 Å². The average Bonchev–Trinajstić information content (AvgIpc) is 2.44.